The van der Waals surface area contributed by atoms with E-state index in [9.17, 15) is 4.79 Å². The highest BCUT2D eigenvalue weighted by Gasteiger charge is 2.28. The number of nitrogens with zero attached hydrogens (tertiary/aromatic N) is 1. The van der Waals surface area contributed by atoms with Crippen molar-refractivity contribution in [2.24, 2.45) is 0 Å². The molecule has 0 amide bonds. The Morgan fingerprint density at radius 1 is 1.33 bits per heavy atom. The summed E-state index contributed by atoms with van der Waals surface area (Å²) >= 11 is 1.92. The molecule has 3 nitrogen and oxygen atoms in total. The molecule has 0 saturated carbocycles. The van der Waals surface area contributed by atoms with E-state index in [1.54, 1.807) is 6.07 Å². The number of carboxylic acids is 1. The molecule has 24 heavy (non-hydrogen) atoms. The Morgan fingerprint density at radius 3 is 2.88 bits per heavy atom. The van der Waals surface area contributed by atoms with Crippen molar-refractivity contribution in [3.8, 4) is 11.8 Å². The smallest absolute Gasteiger partial charge is 0.337 e. The van der Waals surface area contributed by atoms with Crippen molar-refractivity contribution in [1.29, 1.82) is 0 Å². The predicted octanol–water partition coefficient (Wildman–Crippen LogP) is 4.15. The summed E-state index contributed by atoms with van der Waals surface area (Å²) in [6, 6.07) is 9.66. The molecule has 1 aromatic carbocycles. The second-order valence-corrected chi connectivity index (χ2v) is 7.60. The van der Waals surface area contributed by atoms with Gasteiger partial charge in [-0.3, -0.25) is 0 Å². The molecular formula is C20H19NO2S. The number of rotatable bonds is 2. The first-order valence-corrected chi connectivity index (χ1v) is 8.89. The van der Waals surface area contributed by atoms with Crippen LogP contribution < -0.4 is 0 Å². The van der Waals surface area contributed by atoms with E-state index in [2.05, 4.69) is 48.9 Å². The Bertz CT molecular complexity index is 829. The monoisotopic (exact) mass is 337 g/mol. The molecule has 4 heteroatoms. The largest absolute Gasteiger partial charge is 0.478 e. The van der Waals surface area contributed by atoms with E-state index < -0.39 is 5.97 Å². The lowest BCUT2D eigenvalue weighted by molar-refractivity contribution is 0.0696. The molecule has 0 radical (unpaired) electrons. The SMILES string of the molecule is CC1(C)CCSc2c(CC#Cc3ccc(C(=O)O)cn3)cccc21. The number of pyridine rings is 1. The standard InChI is InChI=1S/C20H19NO2S/c1-20(2)11-12-24-18-14(6-4-8-17(18)20)5-3-7-16-10-9-15(13-21-16)19(22)23/h4,6,8-10,13H,5,11-12H2,1-2H3,(H,22,23). The van der Waals surface area contributed by atoms with Crippen molar-refractivity contribution in [3.63, 3.8) is 0 Å². The van der Waals surface area contributed by atoms with E-state index in [4.69, 9.17) is 5.11 Å². The third kappa shape index (κ3) is 3.47. The summed E-state index contributed by atoms with van der Waals surface area (Å²) in [6.45, 7) is 4.60. The van der Waals surface area contributed by atoms with Crippen LogP contribution >= 0.6 is 11.8 Å². The van der Waals surface area contributed by atoms with Gasteiger partial charge >= 0.3 is 5.97 Å². The van der Waals surface area contributed by atoms with Crippen LogP contribution in [0.2, 0.25) is 0 Å². The van der Waals surface area contributed by atoms with Gasteiger partial charge in [0.1, 0.15) is 5.69 Å². The lowest BCUT2D eigenvalue weighted by atomic mass is 9.81. The van der Waals surface area contributed by atoms with Crippen molar-refractivity contribution in [1.82, 2.24) is 4.98 Å². The van der Waals surface area contributed by atoms with Crippen LogP contribution in [-0.2, 0) is 11.8 Å². The fourth-order valence-corrected chi connectivity index (χ4v) is 4.44. The van der Waals surface area contributed by atoms with Crippen LogP contribution in [0.25, 0.3) is 0 Å². The first-order valence-electron chi connectivity index (χ1n) is 7.91. The highest BCUT2D eigenvalue weighted by atomic mass is 32.2. The Kier molecular flexibility index (Phi) is 4.64. The van der Waals surface area contributed by atoms with Gasteiger partial charge in [0.15, 0.2) is 0 Å². The van der Waals surface area contributed by atoms with Gasteiger partial charge in [-0.2, -0.15) is 0 Å². The van der Waals surface area contributed by atoms with E-state index in [-0.39, 0.29) is 11.0 Å². The predicted molar refractivity (Wildman–Crippen MR) is 96.6 cm³/mol. The minimum absolute atomic E-state index is 0.177. The maximum absolute atomic E-state index is 10.8. The molecule has 0 bridgehead atoms. The maximum atomic E-state index is 10.8. The zero-order valence-corrected chi connectivity index (χ0v) is 14.6. The molecule has 122 valence electrons. The van der Waals surface area contributed by atoms with Gasteiger partial charge in [-0.25, -0.2) is 9.78 Å². The molecule has 2 heterocycles. The molecule has 0 spiro atoms. The highest BCUT2D eigenvalue weighted by Crippen LogP contribution is 2.43. The van der Waals surface area contributed by atoms with Gasteiger partial charge in [0.05, 0.1) is 5.56 Å². The summed E-state index contributed by atoms with van der Waals surface area (Å²) in [7, 11) is 0. The summed E-state index contributed by atoms with van der Waals surface area (Å²) in [5.41, 5.74) is 3.68. The normalized spacial score (nSPS) is 15.1. The number of carboxylic acid groups (broad SMARTS) is 1. The summed E-state index contributed by atoms with van der Waals surface area (Å²) in [5.74, 6) is 6.36. The Hall–Kier alpha value is -2.25. The van der Waals surface area contributed by atoms with Crippen molar-refractivity contribution in [2.75, 3.05) is 5.75 Å². The van der Waals surface area contributed by atoms with Crippen LogP contribution in [0.15, 0.2) is 41.4 Å². The van der Waals surface area contributed by atoms with Gasteiger partial charge in [0.25, 0.3) is 0 Å². The maximum Gasteiger partial charge on any atom is 0.337 e. The van der Waals surface area contributed by atoms with E-state index in [0.29, 0.717) is 12.1 Å². The fraction of sp³-hybridized carbons (Fsp3) is 0.300. The van der Waals surface area contributed by atoms with Crippen molar-refractivity contribution in [2.45, 2.75) is 37.0 Å². The van der Waals surface area contributed by atoms with E-state index in [1.807, 2.05) is 11.8 Å². The number of fused-ring (bicyclic) bond motifs is 1. The van der Waals surface area contributed by atoms with Gasteiger partial charge < -0.3 is 5.11 Å². The Labute approximate surface area is 146 Å². The van der Waals surface area contributed by atoms with Crippen molar-refractivity contribution in [3.05, 3.63) is 58.9 Å². The summed E-state index contributed by atoms with van der Waals surface area (Å²) in [6.07, 6.45) is 3.21. The molecule has 0 unspecified atom stereocenters. The Balaban J connectivity index is 1.80. The molecule has 0 atom stereocenters. The van der Waals surface area contributed by atoms with E-state index in [0.717, 1.165) is 5.75 Å². The minimum atomic E-state index is -0.974. The number of benzene rings is 1. The second kappa shape index (κ2) is 6.70. The molecule has 1 aliphatic rings. The van der Waals surface area contributed by atoms with Gasteiger partial charge in [0, 0.05) is 17.5 Å². The van der Waals surface area contributed by atoms with Gasteiger partial charge in [-0.15, -0.1) is 11.8 Å². The number of thioether (sulfide) groups is 1. The number of hydrogen-bond acceptors (Lipinski definition) is 3. The molecular weight excluding hydrogens is 318 g/mol. The average Bonchev–Trinajstić information content (AvgIpc) is 2.55. The topological polar surface area (TPSA) is 50.2 Å². The van der Waals surface area contributed by atoms with Crippen molar-refractivity contribution >= 4 is 17.7 Å². The van der Waals surface area contributed by atoms with E-state index in [1.165, 1.54) is 34.7 Å². The molecule has 3 rings (SSSR count). The summed E-state index contributed by atoms with van der Waals surface area (Å²) in [5, 5.41) is 8.88. The first-order chi connectivity index (χ1) is 11.5. The van der Waals surface area contributed by atoms with Crippen molar-refractivity contribution < 1.29 is 9.90 Å². The fourth-order valence-electron chi connectivity index (χ4n) is 2.79. The highest BCUT2D eigenvalue weighted by molar-refractivity contribution is 7.99. The molecule has 1 aliphatic heterocycles. The minimum Gasteiger partial charge on any atom is -0.478 e. The van der Waals surface area contributed by atoms with Crippen LogP contribution in [0.3, 0.4) is 0 Å². The molecule has 1 N–H and O–H groups in total. The quantitative estimate of drug-likeness (QED) is 0.837. The molecule has 0 saturated heterocycles. The average molecular weight is 337 g/mol. The van der Waals surface area contributed by atoms with Crippen LogP contribution in [0, 0.1) is 11.8 Å². The van der Waals surface area contributed by atoms with Gasteiger partial charge in [0.2, 0.25) is 0 Å². The number of aromatic carboxylic acids is 1. The third-order valence-corrected chi connectivity index (χ3v) is 5.48. The number of aromatic nitrogens is 1. The van der Waals surface area contributed by atoms with Gasteiger partial charge in [-0.05, 0) is 46.8 Å². The lowest BCUT2D eigenvalue weighted by Gasteiger charge is -2.33. The van der Waals surface area contributed by atoms with Crippen LogP contribution in [0.5, 0.6) is 0 Å². The third-order valence-electron chi connectivity index (χ3n) is 4.30. The molecule has 0 aliphatic carbocycles. The van der Waals surface area contributed by atoms with Crippen LogP contribution in [-0.4, -0.2) is 21.8 Å². The van der Waals surface area contributed by atoms with Crippen LogP contribution in [0.4, 0.5) is 0 Å². The first kappa shape index (κ1) is 16.6. The summed E-state index contributed by atoms with van der Waals surface area (Å²) in [4.78, 5) is 16.3. The zero-order valence-electron chi connectivity index (χ0n) is 13.8. The number of carbonyl (C=O) groups is 1. The molecule has 0 fully saturated rings. The lowest BCUT2D eigenvalue weighted by Crippen LogP contribution is -2.23. The zero-order chi connectivity index (χ0) is 17.2. The molecule has 2 aromatic rings. The second-order valence-electron chi connectivity index (χ2n) is 6.49. The Morgan fingerprint density at radius 2 is 2.17 bits per heavy atom. The molecule has 1 aromatic heterocycles. The summed E-state index contributed by atoms with van der Waals surface area (Å²) < 4.78 is 0. The van der Waals surface area contributed by atoms with Gasteiger partial charge in [-0.1, -0.05) is 38.0 Å². The van der Waals surface area contributed by atoms with Crippen LogP contribution in [0.1, 0.15) is 47.4 Å². The van der Waals surface area contributed by atoms with E-state index >= 15 is 0 Å². The number of hydrogen-bond donors (Lipinski definition) is 1.